The summed E-state index contributed by atoms with van der Waals surface area (Å²) in [7, 11) is -4.68. The Balaban J connectivity index is 1.48. The molecule has 4 aromatic rings. The predicted octanol–water partition coefficient (Wildman–Crippen LogP) is 5.92. The number of ketones is 3. The van der Waals surface area contributed by atoms with Gasteiger partial charge < -0.3 is 20.8 Å². The van der Waals surface area contributed by atoms with Crippen LogP contribution < -0.4 is 10.6 Å². The highest BCUT2D eigenvalue weighted by atomic mass is 32.2. The third-order valence-corrected chi connectivity index (χ3v) is 18.7. The molecule has 0 radical (unpaired) electrons. The maximum absolute atomic E-state index is 17.4. The fourth-order valence-corrected chi connectivity index (χ4v) is 12.7. The lowest BCUT2D eigenvalue weighted by molar-refractivity contribution is -0.128. The summed E-state index contributed by atoms with van der Waals surface area (Å²) in [6, 6.07) is 18.8. The van der Waals surface area contributed by atoms with Crippen LogP contribution in [0.5, 0.6) is 11.5 Å². The van der Waals surface area contributed by atoms with E-state index in [2.05, 4.69) is 10.6 Å². The first-order chi connectivity index (χ1) is 36.1. The van der Waals surface area contributed by atoms with Gasteiger partial charge in [-0.2, -0.15) is 0 Å². The first-order valence-electron chi connectivity index (χ1n) is 26.0. The number of rotatable bonds is 18. The van der Waals surface area contributed by atoms with Crippen molar-refractivity contribution in [1.29, 1.82) is 0 Å². The van der Waals surface area contributed by atoms with E-state index in [0.29, 0.717) is 85.3 Å². The number of carbonyl (C=O) groups is 3. The molecule has 4 heterocycles. The normalized spacial score (nSPS) is 23.3. The van der Waals surface area contributed by atoms with E-state index in [9.17, 15) is 27.0 Å². The van der Waals surface area contributed by atoms with Crippen LogP contribution in [-0.4, -0.2) is 167 Å². The molecule has 6 atom stereocenters. The van der Waals surface area contributed by atoms with E-state index in [1.54, 1.807) is 62.4 Å². The molecule has 8 rings (SSSR count). The van der Waals surface area contributed by atoms with Gasteiger partial charge in [-0.1, -0.05) is 48.5 Å². The molecule has 0 aliphatic carbocycles. The van der Waals surface area contributed by atoms with E-state index in [1.165, 1.54) is 59.1 Å². The maximum Gasteiger partial charge on any atom is 0.210 e. The maximum atomic E-state index is 17.4. The molecule has 19 heteroatoms. The van der Waals surface area contributed by atoms with Crippen LogP contribution in [0, 0.1) is 49.2 Å². The number of hydrogen-bond acceptors (Lipinski definition) is 13. The van der Waals surface area contributed by atoms with Gasteiger partial charge in [0.15, 0.2) is 17.3 Å². The molecule has 2 saturated heterocycles. The predicted molar refractivity (Wildman–Crippen MR) is 290 cm³/mol. The van der Waals surface area contributed by atoms with Gasteiger partial charge in [0.25, 0.3) is 0 Å². The van der Waals surface area contributed by atoms with Gasteiger partial charge in [0.1, 0.15) is 23.1 Å². The van der Waals surface area contributed by atoms with Gasteiger partial charge in [-0.25, -0.2) is 34.2 Å². The lowest BCUT2D eigenvalue weighted by Gasteiger charge is -2.50. The molecule has 4 aliphatic rings. The summed E-state index contributed by atoms with van der Waals surface area (Å²) in [5.74, 6) is -5.56. The number of nitrogens with one attached hydrogen (secondary N) is 2. The molecule has 0 aromatic heterocycles. The summed E-state index contributed by atoms with van der Waals surface area (Å²) in [5, 5.41) is 28.4. The summed E-state index contributed by atoms with van der Waals surface area (Å²) < 4.78 is 87.3. The fourth-order valence-electron chi connectivity index (χ4n) is 11.8. The second-order valence-corrected chi connectivity index (χ2v) is 25.1. The number of benzene rings is 4. The number of carbonyl (C=O) groups excluding carboxylic acids is 3. The quantitative estimate of drug-likeness (QED) is 0.0859. The number of hydrogen-bond donors (Lipinski definition) is 4. The highest BCUT2D eigenvalue weighted by Crippen LogP contribution is 2.48. The third kappa shape index (κ3) is 12.1. The van der Waals surface area contributed by atoms with Crippen LogP contribution in [0.2, 0.25) is 0 Å². The average Bonchev–Trinajstić information content (AvgIpc) is 3.40. The SMILES string of the molecule is Cc1c(F)cccc1C1=C(C2CCCNC2)[C@H](C(=O)[C@H]2C(C3CCCNC3)=C(c3cccc(F)c3C)[C@H](C(=O)c3cccc(O)c3)CN2CCN(C)S(C)(=O)=O)N(CCN(C)S(C)(=O)=O)C[C@H]1C(=O)c1cccc(O)c1. The minimum absolute atomic E-state index is 0.0507. The van der Waals surface area contributed by atoms with E-state index in [0.717, 1.165) is 12.5 Å². The molecule has 2 fully saturated rings. The Labute approximate surface area is 445 Å². The van der Waals surface area contributed by atoms with Crippen molar-refractivity contribution in [1.82, 2.24) is 29.0 Å². The molecule has 4 aromatic carbocycles. The van der Waals surface area contributed by atoms with Gasteiger partial charge in [-0.3, -0.25) is 24.2 Å². The van der Waals surface area contributed by atoms with Crippen molar-refractivity contribution < 1.29 is 50.2 Å². The number of piperidine rings is 2. The molecule has 0 saturated carbocycles. The van der Waals surface area contributed by atoms with E-state index < -0.39 is 84.8 Å². The molecule has 0 amide bonds. The number of nitrogens with zero attached hydrogens (tertiary/aromatic N) is 4. The van der Waals surface area contributed by atoms with Crippen molar-refractivity contribution in [3.05, 3.63) is 141 Å². The number of phenols is 2. The Bertz CT molecular complexity index is 2950. The van der Waals surface area contributed by atoms with Gasteiger partial charge >= 0.3 is 0 Å². The zero-order valence-corrected chi connectivity index (χ0v) is 45.7. The van der Waals surface area contributed by atoms with Crippen molar-refractivity contribution in [3.63, 3.8) is 0 Å². The molecule has 4 aliphatic heterocycles. The molecular formula is C57H70F2N6O9S2. The summed E-state index contributed by atoms with van der Waals surface area (Å²) in [6.07, 6.45) is 4.64. The van der Waals surface area contributed by atoms with Gasteiger partial charge in [0.05, 0.1) is 36.4 Å². The van der Waals surface area contributed by atoms with Gasteiger partial charge in [-0.05, 0) is 145 Å². The zero-order valence-electron chi connectivity index (χ0n) is 44.1. The summed E-state index contributed by atoms with van der Waals surface area (Å²) in [4.78, 5) is 51.9. The second kappa shape index (κ2) is 23.6. The monoisotopic (exact) mass is 1080 g/mol. The van der Waals surface area contributed by atoms with Crippen molar-refractivity contribution in [2.75, 3.05) is 92.1 Å². The minimum atomic E-state index is -3.77. The van der Waals surface area contributed by atoms with Crippen molar-refractivity contribution in [2.24, 2.45) is 23.7 Å². The molecule has 76 heavy (non-hydrogen) atoms. The Morgan fingerprint density at radius 1 is 0.618 bits per heavy atom. The highest BCUT2D eigenvalue weighted by molar-refractivity contribution is 7.88. The fraction of sp³-hybridized carbons (Fsp3) is 0.456. The van der Waals surface area contributed by atoms with Crippen LogP contribution in [0.1, 0.15) is 68.7 Å². The first-order valence-corrected chi connectivity index (χ1v) is 29.7. The molecule has 0 bridgehead atoms. The molecule has 15 nitrogen and oxygen atoms in total. The number of likely N-dealkylation sites (N-methyl/N-ethyl adjacent to an activating group) is 2. The number of aromatic hydroxyl groups is 2. The summed E-state index contributed by atoms with van der Waals surface area (Å²) in [5.41, 5.74) is 3.69. The lowest BCUT2D eigenvalue weighted by atomic mass is 9.67. The van der Waals surface area contributed by atoms with Crippen molar-refractivity contribution in [3.8, 4) is 11.5 Å². The van der Waals surface area contributed by atoms with Crippen molar-refractivity contribution >= 4 is 48.5 Å². The molecule has 408 valence electrons. The minimum Gasteiger partial charge on any atom is -0.508 e. The smallest absolute Gasteiger partial charge is 0.210 e. The van der Waals surface area contributed by atoms with E-state index >= 15 is 23.2 Å². The van der Waals surface area contributed by atoms with Crippen LogP contribution in [0.15, 0.2) is 96.1 Å². The molecular weight excluding hydrogens is 1010 g/mol. The van der Waals surface area contributed by atoms with Gasteiger partial charge in [0.2, 0.25) is 20.0 Å². The first kappa shape index (κ1) is 56.7. The second-order valence-electron chi connectivity index (χ2n) is 21.0. The number of Topliss-reactive ketones (excluding diaryl/α,β-unsaturated/α-hetero) is 3. The zero-order chi connectivity index (χ0) is 54.8. The lowest BCUT2D eigenvalue weighted by Crippen LogP contribution is -2.62. The largest absolute Gasteiger partial charge is 0.508 e. The van der Waals surface area contributed by atoms with Crippen molar-refractivity contribution in [2.45, 2.75) is 51.6 Å². The van der Waals surface area contributed by atoms with Crippen LogP contribution in [0.3, 0.4) is 0 Å². The highest BCUT2D eigenvalue weighted by Gasteiger charge is 2.52. The Kier molecular flexibility index (Phi) is 17.6. The van der Waals surface area contributed by atoms with E-state index in [1.807, 2.05) is 9.80 Å². The summed E-state index contributed by atoms with van der Waals surface area (Å²) in [6.45, 7) is 4.76. The van der Waals surface area contributed by atoms with Crippen LogP contribution >= 0.6 is 0 Å². The Morgan fingerprint density at radius 3 is 1.34 bits per heavy atom. The number of phenolic OH excluding ortho intramolecular Hbond substituents is 2. The van der Waals surface area contributed by atoms with Crippen LogP contribution in [0.25, 0.3) is 11.1 Å². The summed E-state index contributed by atoms with van der Waals surface area (Å²) >= 11 is 0. The Morgan fingerprint density at radius 2 is 1.00 bits per heavy atom. The molecule has 4 N–H and O–H groups in total. The van der Waals surface area contributed by atoms with E-state index in [4.69, 9.17) is 0 Å². The van der Waals surface area contributed by atoms with E-state index in [-0.39, 0.29) is 73.0 Å². The average molecular weight is 1090 g/mol. The van der Waals surface area contributed by atoms with Gasteiger partial charge in [-0.15, -0.1) is 0 Å². The van der Waals surface area contributed by atoms with Gasteiger partial charge in [0, 0.05) is 77.6 Å². The molecule has 2 unspecified atom stereocenters. The van der Waals surface area contributed by atoms with Crippen LogP contribution in [-0.2, 0) is 24.8 Å². The Hall–Kier alpha value is -5.51. The molecule has 0 spiro atoms. The number of halogens is 2. The standard InChI is InChI=1S/C57H70F2N6O9S2/c1-35-43(19-9-21-47(35)58)51-45(55(68)37-13-7-17-41(66)29-37)33-64(27-25-62(3)75(5,71)72)53(49(51)39-15-11-23-60-31-39)57(70)54-50(40-16-12-24-61-32-40)52(44-20-10-22-48(59)36(44)2)46(56(69)38-14-8-18-42(67)30-38)34-65(54)28-26-63(4)76(6,73)74/h7-10,13-14,17-22,29-30,39-40,45-46,53-54,60-61,66-67H,11-12,15-16,23-28,31-34H2,1-6H3/t39?,40?,45-,46-,53-,54-/m1/s1. The van der Waals surface area contributed by atoms with Crippen LogP contribution in [0.4, 0.5) is 8.78 Å². The third-order valence-electron chi connectivity index (χ3n) is 16.0. The topological polar surface area (TPSA) is 197 Å². The number of sulfonamides is 2.